The first-order valence-electron chi connectivity index (χ1n) is 4.16. The molecule has 2 atom stereocenters. The van der Waals surface area contributed by atoms with Gasteiger partial charge in [-0.2, -0.15) is 0 Å². The van der Waals surface area contributed by atoms with Crippen molar-refractivity contribution in [1.29, 1.82) is 0 Å². The van der Waals surface area contributed by atoms with Gasteiger partial charge in [0.1, 0.15) is 6.10 Å². The first-order valence-corrected chi connectivity index (χ1v) is 4.16. The van der Waals surface area contributed by atoms with Crippen molar-refractivity contribution in [3.8, 4) is 0 Å². The van der Waals surface area contributed by atoms with E-state index in [-0.39, 0.29) is 24.3 Å². The Morgan fingerprint density at radius 3 is 2.71 bits per heavy atom. The van der Waals surface area contributed by atoms with Crippen LogP contribution in [-0.4, -0.2) is 38.0 Å². The predicted molar refractivity (Wildman–Crippen MR) is 47.5 cm³/mol. The monoisotopic (exact) mass is 200 g/mol. The second-order valence-corrected chi connectivity index (χ2v) is 2.86. The number of aliphatic hydroxyl groups is 3. The maximum Gasteiger partial charge on any atom is 0.266 e. The molecule has 0 aliphatic carbocycles. The average Bonchev–Trinajstić information content (AvgIpc) is 2.18. The van der Waals surface area contributed by atoms with Crippen LogP contribution < -0.4 is 5.56 Å². The number of aromatic amines is 1. The van der Waals surface area contributed by atoms with Crippen LogP contribution in [-0.2, 0) is 0 Å². The molecule has 0 aliphatic rings. The molecule has 2 unspecified atom stereocenters. The molecular formula is C8H12N2O4. The van der Waals surface area contributed by atoms with Gasteiger partial charge in [-0.1, -0.05) is 0 Å². The summed E-state index contributed by atoms with van der Waals surface area (Å²) in [5.41, 5.74) is -0.205. The fourth-order valence-electron chi connectivity index (χ4n) is 1.00. The molecule has 0 spiro atoms. The van der Waals surface area contributed by atoms with Gasteiger partial charge >= 0.3 is 0 Å². The highest BCUT2D eigenvalue weighted by Crippen LogP contribution is 2.14. The lowest BCUT2D eigenvalue weighted by Crippen LogP contribution is -2.21. The Bertz CT molecular complexity index is 318. The molecule has 0 fully saturated rings. The fourth-order valence-corrected chi connectivity index (χ4v) is 1.00. The molecule has 1 heterocycles. The van der Waals surface area contributed by atoms with E-state index >= 15 is 0 Å². The van der Waals surface area contributed by atoms with Crippen LogP contribution >= 0.6 is 0 Å². The molecule has 78 valence electrons. The summed E-state index contributed by atoms with van der Waals surface area (Å²) in [5.74, 6) is 0. The van der Waals surface area contributed by atoms with Gasteiger partial charge in [-0.25, -0.2) is 0 Å². The Hall–Kier alpha value is -1.24. The highest BCUT2D eigenvalue weighted by molar-refractivity contribution is 5.01. The quantitative estimate of drug-likeness (QED) is 0.475. The van der Waals surface area contributed by atoms with Gasteiger partial charge in [0.2, 0.25) is 0 Å². The molecule has 14 heavy (non-hydrogen) atoms. The van der Waals surface area contributed by atoms with Crippen LogP contribution in [0.4, 0.5) is 0 Å². The summed E-state index contributed by atoms with van der Waals surface area (Å²) in [6, 6.07) is 0. The first-order chi connectivity index (χ1) is 6.65. The van der Waals surface area contributed by atoms with Crippen molar-refractivity contribution in [2.24, 2.45) is 0 Å². The smallest absolute Gasteiger partial charge is 0.266 e. The topological polar surface area (TPSA) is 106 Å². The predicted octanol–water partition coefficient (Wildman–Crippen LogP) is -1.45. The summed E-state index contributed by atoms with van der Waals surface area (Å²) < 4.78 is 0. The fraction of sp³-hybridized carbons (Fsp3) is 0.500. The molecule has 0 aromatic carbocycles. The molecule has 0 amide bonds. The second kappa shape index (κ2) is 4.85. The Labute approximate surface area is 79.9 Å². The van der Waals surface area contributed by atoms with E-state index in [1.807, 2.05) is 0 Å². The molecule has 4 N–H and O–H groups in total. The van der Waals surface area contributed by atoms with Crippen molar-refractivity contribution >= 4 is 0 Å². The molecular weight excluding hydrogens is 188 g/mol. The summed E-state index contributed by atoms with van der Waals surface area (Å²) in [7, 11) is 0. The summed E-state index contributed by atoms with van der Waals surface area (Å²) in [5, 5.41) is 27.3. The summed E-state index contributed by atoms with van der Waals surface area (Å²) in [4.78, 5) is 16.6. The molecule has 0 aliphatic heterocycles. The van der Waals surface area contributed by atoms with Gasteiger partial charge in [0, 0.05) is 12.8 Å². The van der Waals surface area contributed by atoms with Crippen molar-refractivity contribution in [1.82, 2.24) is 9.97 Å². The zero-order valence-electron chi connectivity index (χ0n) is 7.42. The van der Waals surface area contributed by atoms with Crippen LogP contribution in [0.15, 0.2) is 17.2 Å². The lowest BCUT2D eigenvalue weighted by Gasteiger charge is -2.15. The van der Waals surface area contributed by atoms with E-state index in [9.17, 15) is 15.0 Å². The number of hydrogen-bond acceptors (Lipinski definition) is 5. The summed E-state index contributed by atoms with van der Waals surface area (Å²) in [6.45, 7) is -0.221. The van der Waals surface area contributed by atoms with Gasteiger partial charge in [-0.05, 0) is 6.42 Å². The number of H-pyrrole nitrogens is 1. The van der Waals surface area contributed by atoms with Crippen molar-refractivity contribution in [2.75, 3.05) is 6.61 Å². The molecule has 6 nitrogen and oxygen atoms in total. The normalized spacial score (nSPS) is 15.1. The highest BCUT2D eigenvalue weighted by atomic mass is 16.3. The van der Waals surface area contributed by atoms with Crippen molar-refractivity contribution < 1.29 is 15.3 Å². The van der Waals surface area contributed by atoms with Gasteiger partial charge in [-0.15, -0.1) is 0 Å². The molecule has 0 radical (unpaired) electrons. The number of aromatic nitrogens is 2. The number of aliphatic hydroxyl groups excluding tert-OH is 3. The minimum absolute atomic E-state index is 0.0575. The van der Waals surface area contributed by atoms with Gasteiger partial charge < -0.3 is 20.3 Å². The third kappa shape index (κ3) is 2.63. The van der Waals surface area contributed by atoms with E-state index in [4.69, 9.17) is 5.11 Å². The van der Waals surface area contributed by atoms with E-state index in [0.717, 1.165) is 6.20 Å². The molecule has 1 aromatic rings. The molecule has 0 bridgehead atoms. The largest absolute Gasteiger partial charge is 0.396 e. The minimum atomic E-state index is -1.20. The third-order valence-electron chi connectivity index (χ3n) is 1.79. The molecule has 0 saturated carbocycles. The van der Waals surface area contributed by atoms with Gasteiger partial charge in [-0.3, -0.25) is 9.78 Å². The van der Waals surface area contributed by atoms with Crippen molar-refractivity contribution in [3.63, 3.8) is 0 Å². The zero-order chi connectivity index (χ0) is 10.6. The number of nitrogens with zero attached hydrogens (tertiary/aromatic N) is 1. The van der Waals surface area contributed by atoms with Crippen LogP contribution in [0.25, 0.3) is 0 Å². The van der Waals surface area contributed by atoms with E-state index in [1.165, 1.54) is 6.20 Å². The van der Waals surface area contributed by atoms with Crippen molar-refractivity contribution in [3.05, 3.63) is 28.4 Å². The average molecular weight is 200 g/mol. The SMILES string of the molecule is O=c1cnc(C(O)C(O)CCO)c[nH]1. The molecule has 1 rings (SSSR count). The van der Waals surface area contributed by atoms with Gasteiger partial charge in [0.05, 0.1) is 18.0 Å². The van der Waals surface area contributed by atoms with E-state index in [1.54, 1.807) is 0 Å². The number of hydrogen-bond donors (Lipinski definition) is 4. The lowest BCUT2D eigenvalue weighted by molar-refractivity contribution is 0.00168. The van der Waals surface area contributed by atoms with Crippen LogP contribution in [0.1, 0.15) is 18.2 Å². The van der Waals surface area contributed by atoms with Gasteiger partial charge in [0.15, 0.2) is 0 Å². The maximum absolute atomic E-state index is 10.6. The van der Waals surface area contributed by atoms with Gasteiger partial charge in [0.25, 0.3) is 5.56 Å². The van der Waals surface area contributed by atoms with E-state index in [2.05, 4.69) is 9.97 Å². The minimum Gasteiger partial charge on any atom is -0.396 e. The standard InChI is InChI=1S/C8H12N2O4/c11-2-1-6(12)8(14)5-3-10-7(13)4-9-5/h3-4,6,8,11-12,14H,1-2H2,(H,10,13). The molecule has 1 aromatic heterocycles. The van der Waals surface area contributed by atoms with E-state index < -0.39 is 12.2 Å². The summed E-state index contributed by atoms with van der Waals surface area (Å²) >= 11 is 0. The lowest BCUT2D eigenvalue weighted by atomic mass is 10.1. The Kier molecular flexibility index (Phi) is 3.75. The highest BCUT2D eigenvalue weighted by Gasteiger charge is 2.18. The zero-order valence-corrected chi connectivity index (χ0v) is 7.42. The molecule has 6 heteroatoms. The van der Waals surface area contributed by atoms with Crippen LogP contribution in [0.5, 0.6) is 0 Å². The first kappa shape index (κ1) is 10.8. The summed E-state index contributed by atoms with van der Waals surface area (Å²) in [6.07, 6.45) is 0.0252. The van der Waals surface area contributed by atoms with Crippen molar-refractivity contribution in [2.45, 2.75) is 18.6 Å². The molecule has 0 saturated heterocycles. The maximum atomic E-state index is 10.6. The number of rotatable bonds is 4. The second-order valence-electron chi connectivity index (χ2n) is 2.86. The van der Waals surface area contributed by atoms with Crippen LogP contribution in [0.3, 0.4) is 0 Å². The Balaban J connectivity index is 2.73. The number of nitrogens with one attached hydrogen (secondary N) is 1. The Morgan fingerprint density at radius 2 is 2.21 bits per heavy atom. The van der Waals surface area contributed by atoms with Crippen LogP contribution in [0.2, 0.25) is 0 Å². The third-order valence-corrected chi connectivity index (χ3v) is 1.79. The van der Waals surface area contributed by atoms with Crippen LogP contribution in [0, 0.1) is 0 Å². The Morgan fingerprint density at radius 1 is 1.50 bits per heavy atom. The van der Waals surface area contributed by atoms with E-state index in [0.29, 0.717) is 0 Å².